The molecule has 2 nitrogen and oxygen atoms in total. The molecular weight excluding hydrogens is 206 g/mol. The fourth-order valence-electron chi connectivity index (χ4n) is 2.31. The minimum Gasteiger partial charge on any atom is -0.339 e. The quantitative estimate of drug-likeness (QED) is 0.609. The van der Waals surface area contributed by atoms with E-state index in [1.165, 1.54) is 19.3 Å². The minimum atomic E-state index is 0.275. The van der Waals surface area contributed by atoms with Gasteiger partial charge in [0.25, 0.3) is 0 Å². The summed E-state index contributed by atoms with van der Waals surface area (Å²) in [5.41, 5.74) is 0. The van der Waals surface area contributed by atoms with E-state index in [9.17, 15) is 4.79 Å². The van der Waals surface area contributed by atoms with Gasteiger partial charge in [0.1, 0.15) is 0 Å². The van der Waals surface area contributed by atoms with Crippen molar-refractivity contribution in [1.82, 2.24) is 4.90 Å². The van der Waals surface area contributed by atoms with Crippen LogP contribution in [0, 0.1) is 5.92 Å². The predicted molar refractivity (Wildman–Crippen MR) is 46.6 cm³/mol. The van der Waals surface area contributed by atoms with Crippen molar-refractivity contribution in [2.45, 2.75) is 25.3 Å². The maximum Gasteiger partial charge on any atom is 0.233 e. The molecule has 2 fully saturated rings. The molecule has 1 aliphatic heterocycles. The Morgan fingerprint density at radius 2 is 2.36 bits per heavy atom. The van der Waals surface area contributed by atoms with Crippen molar-refractivity contribution in [2.24, 2.45) is 5.92 Å². The number of carbonyl (C=O) groups is 1. The number of halogens is 1. The van der Waals surface area contributed by atoms with Crippen LogP contribution in [0.1, 0.15) is 19.3 Å². The van der Waals surface area contributed by atoms with Crippen LogP contribution < -0.4 is 0 Å². The molecule has 1 heterocycles. The zero-order valence-corrected chi connectivity index (χ0v) is 8.01. The molecule has 62 valence electrons. The molecule has 0 aromatic rings. The van der Waals surface area contributed by atoms with Gasteiger partial charge in [0, 0.05) is 12.6 Å². The number of fused-ring (bicyclic) bond motifs is 2. The monoisotopic (exact) mass is 217 g/mol. The van der Waals surface area contributed by atoms with Gasteiger partial charge in [0.05, 0.1) is 5.33 Å². The zero-order valence-electron chi connectivity index (χ0n) is 6.42. The lowest BCUT2D eigenvalue weighted by atomic mass is 10.1. The van der Waals surface area contributed by atoms with Gasteiger partial charge in [-0.3, -0.25) is 4.79 Å². The first-order valence-corrected chi connectivity index (χ1v) is 5.29. The first-order chi connectivity index (χ1) is 5.31. The fraction of sp³-hybridized carbons (Fsp3) is 0.875. The summed E-state index contributed by atoms with van der Waals surface area (Å²) in [5.74, 6) is 1.10. The van der Waals surface area contributed by atoms with Crippen LogP contribution in [-0.4, -0.2) is 28.7 Å². The van der Waals surface area contributed by atoms with Crippen molar-refractivity contribution in [2.75, 3.05) is 11.9 Å². The molecular formula is C8H12BrNO. The lowest BCUT2D eigenvalue weighted by Crippen LogP contribution is -2.38. The summed E-state index contributed by atoms with van der Waals surface area (Å²) in [4.78, 5) is 13.3. The second-order valence-corrected chi connectivity index (χ2v) is 4.07. The van der Waals surface area contributed by atoms with Gasteiger partial charge in [-0.25, -0.2) is 0 Å². The summed E-state index contributed by atoms with van der Waals surface area (Å²) in [5, 5.41) is 0.496. The van der Waals surface area contributed by atoms with Crippen LogP contribution in [0.4, 0.5) is 0 Å². The Morgan fingerprint density at radius 3 is 2.82 bits per heavy atom. The lowest BCUT2D eigenvalue weighted by Gasteiger charge is -2.26. The Morgan fingerprint density at radius 1 is 1.55 bits per heavy atom. The second-order valence-electron chi connectivity index (χ2n) is 3.51. The molecule has 2 rings (SSSR count). The average molecular weight is 218 g/mol. The molecule has 2 aliphatic rings. The Balaban J connectivity index is 2.02. The third-order valence-corrected chi connectivity index (χ3v) is 3.32. The maximum atomic E-state index is 11.3. The summed E-state index contributed by atoms with van der Waals surface area (Å²) >= 11 is 3.21. The average Bonchev–Trinajstić information content (AvgIpc) is 2.62. The van der Waals surface area contributed by atoms with Crippen LogP contribution in [0.25, 0.3) is 0 Å². The highest BCUT2D eigenvalue weighted by Gasteiger charge is 2.39. The zero-order chi connectivity index (χ0) is 7.84. The van der Waals surface area contributed by atoms with Gasteiger partial charge in [0.15, 0.2) is 0 Å². The number of hydrogen-bond acceptors (Lipinski definition) is 1. The number of piperidine rings is 1. The number of hydrogen-bond donors (Lipinski definition) is 0. The Labute approximate surface area is 75.1 Å². The van der Waals surface area contributed by atoms with E-state index in [2.05, 4.69) is 15.9 Å². The van der Waals surface area contributed by atoms with Crippen LogP contribution in [0.3, 0.4) is 0 Å². The standard InChI is InChI=1S/C8H12BrNO/c9-4-8(11)10-5-6-1-2-7(10)3-6/h6-7H,1-5H2. The van der Waals surface area contributed by atoms with Crippen molar-refractivity contribution in [3.63, 3.8) is 0 Å². The van der Waals surface area contributed by atoms with Gasteiger partial charge >= 0.3 is 0 Å². The Kier molecular flexibility index (Phi) is 1.91. The van der Waals surface area contributed by atoms with E-state index in [0.717, 1.165) is 12.5 Å². The summed E-state index contributed by atoms with van der Waals surface area (Å²) in [6, 6.07) is 0.588. The highest BCUT2D eigenvalue weighted by molar-refractivity contribution is 9.09. The maximum absolute atomic E-state index is 11.3. The van der Waals surface area contributed by atoms with E-state index in [1.807, 2.05) is 4.90 Å². The Bertz CT molecular complexity index is 183. The summed E-state index contributed by atoms with van der Waals surface area (Å²) in [6.07, 6.45) is 3.85. The van der Waals surface area contributed by atoms with E-state index in [1.54, 1.807) is 0 Å². The van der Waals surface area contributed by atoms with Crippen LogP contribution >= 0.6 is 15.9 Å². The van der Waals surface area contributed by atoms with Gasteiger partial charge in [-0.1, -0.05) is 15.9 Å². The number of carbonyl (C=O) groups excluding carboxylic acids is 1. The van der Waals surface area contributed by atoms with Crippen LogP contribution in [0.15, 0.2) is 0 Å². The number of amides is 1. The third kappa shape index (κ3) is 1.19. The Hall–Kier alpha value is -0.0500. The van der Waals surface area contributed by atoms with Crippen molar-refractivity contribution in [3.8, 4) is 0 Å². The summed E-state index contributed by atoms with van der Waals surface area (Å²) < 4.78 is 0. The van der Waals surface area contributed by atoms with Crippen molar-refractivity contribution >= 4 is 21.8 Å². The number of rotatable bonds is 1. The number of nitrogens with zero attached hydrogens (tertiary/aromatic N) is 1. The molecule has 1 aliphatic carbocycles. The third-order valence-electron chi connectivity index (χ3n) is 2.84. The van der Waals surface area contributed by atoms with Crippen molar-refractivity contribution in [1.29, 1.82) is 0 Å². The number of alkyl halides is 1. The predicted octanol–water partition coefficient (Wildman–Crippen LogP) is 1.39. The molecule has 2 atom stereocenters. The smallest absolute Gasteiger partial charge is 0.233 e. The van der Waals surface area contributed by atoms with Gasteiger partial charge in [-0.15, -0.1) is 0 Å². The van der Waals surface area contributed by atoms with Gasteiger partial charge < -0.3 is 4.90 Å². The van der Waals surface area contributed by atoms with Crippen LogP contribution in [0.2, 0.25) is 0 Å². The first-order valence-electron chi connectivity index (χ1n) is 4.16. The van der Waals surface area contributed by atoms with Gasteiger partial charge in [0.2, 0.25) is 5.91 Å². The molecule has 2 bridgehead atoms. The highest BCUT2D eigenvalue weighted by atomic mass is 79.9. The number of likely N-dealkylation sites (tertiary alicyclic amines) is 1. The van der Waals surface area contributed by atoms with E-state index in [4.69, 9.17) is 0 Å². The minimum absolute atomic E-state index is 0.275. The molecule has 0 aromatic heterocycles. The molecule has 1 amide bonds. The van der Waals surface area contributed by atoms with Crippen molar-refractivity contribution < 1.29 is 4.79 Å². The van der Waals surface area contributed by atoms with E-state index in [0.29, 0.717) is 11.4 Å². The molecule has 11 heavy (non-hydrogen) atoms. The second kappa shape index (κ2) is 2.77. The summed E-state index contributed by atoms with van der Waals surface area (Å²) in [6.45, 7) is 1.02. The summed E-state index contributed by atoms with van der Waals surface area (Å²) in [7, 11) is 0. The van der Waals surface area contributed by atoms with Crippen LogP contribution in [-0.2, 0) is 4.79 Å². The topological polar surface area (TPSA) is 20.3 Å². The fourth-order valence-corrected chi connectivity index (χ4v) is 2.63. The molecule has 3 heteroatoms. The van der Waals surface area contributed by atoms with Crippen LogP contribution in [0.5, 0.6) is 0 Å². The largest absolute Gasteiger partial charge is 0.339 e. The normalized spacial score (nSPS) is 34.8. The molecule has 0 spiro atoms. The van der Waals surface area contributed by atoms with Gasteiger partial charge in [-0.2, -0.15) is 0 Å². The van der Waals surface area contributed by atoms with Gasteiger partial charge in [-0.05, 0) is 25.2 Å². The van der Waals surface area contributed by atoms with E-state index in [-0.39, 0.29) is 5.91 Å². The van der Waals surface area contributed by atoms with E-state index < -0.39 is 0 Å². The molecule has 0 aromatic carbocycles. The highest BCUT2D eigenvalue weighted by Crippen LogP contribution is 2.37. The van der Waals surface area contributed by atoms with E-state index >= 15 is 0 Å². The molecule has 1 saturated heterocycles. The lowest BCUT2D eigenvalue weighted by molar-refractivity contribution is -0.129. The SMILES string of the molecule is O=C(CBr)N1CC2CCC1C2. The molecule has 0 radical (unpaired) electrons. The molecule has 1 saturated carbocycles. The van der Waals surface area contributed by atoms with Crippen molar-refractivity contribution in [3.05, 3.63) is 0 Å². The molecule has 2 unspecified atom stereocenters. The first kappa shape index (κ1) is 7.59. The molecule has 0 N–H and O–H groups in total.